The second-order valence-electron chi connectivity index (χ2n) is 4.40. The molecule has 1 rings (SSSR count). The van der Waals surface area contributed by atoms with Gasteiger partial charge in [0.1, 0.15) is 12.1 Å². The molecule has 1 unspecified atom stereocenters. The fourth-order valence-corrected chi connectivity index (χ4v) is 1.63. The van der Waals surface area contributed by atoms with E-state index in [9.17, 15) is 5.11 Å². The highest BCUT2D eigenvalue weighted by molar-refractivity contribution is 5.36. The molecule has 0 saturated heterocycles. The van der Waals surface area contributed by atoms with Crippen molar-refractivity contribution in [2.45, 2.75) is 39.7 Å². The molecule has 0 aliphatic rings. The molecule has 0 aliphatic heterocycles. The highest BCUT2D eigenvalue weighted by atomic mass is 16.3. The lowest BCUT2D eigenvalue weighted by Gasteiger charge is -2.18. The largest absolute Gasteiger partial charge is 0.394 e. The van der Waals surface area contributed by atoms with E-state index in [1.54, 1.807) is 6.33 Å². The molecule has 1 atom stereocenters. The van der Waals surface area contributed by atoms with Gasteiger partial charge in [0.15, 0.2) is 0 Å². The Balaban J connectivity index is 2.62. The number of hydrogen-bond donors (Lipinski definition) is 2. The minimum absolute atomic E-state index is 0.0691. The lowest BCUT2D eigenvalue weighted by Crippen LogP contribution is -2.26. The van der Waals surface area contributed by atoms with Crippen molar-refractivity contribution in [1.82, 2.24) is 9.97 Å². The molecular formula is C12H21N3O. The minimum atomic E-state index is 0.0691. The summed E-state index contributed by atoms with van der Waals surface area (Å²) in [6.07, 6.45) is 3.39. The van der Waals surface area contributed by atoms with E-state index in [1.807, 2.05) is 6.07 Å². The highest BCUT2D eigenvalue weighted by Crippen LogP contribution is 2.11. The van der Waals surface area contributed by atoms with Gasteiger partial charge in [-0.1, -0.05) is 20.8 Å². The second kappa shape index (κ2) is 6.43. The Bertz CT molecular complexity index is 315. The summed E-state index contributed by atoms with van der Waals surface area (Å²) >= 11 is 0. The smallest absolute Gasteiger partial charge is 0.129 e. The van der Waals surface area contributed by atoms with Gasteiger partial charge in [-0.3, -0.25) is 0 Å². The molecule has 0 fully saturated rings. The maximum Gasteiger partial charge on any atom is 0.129 e. The molecule has 2 N–H and O–H groups in total. The molecule has 0 saturated carbocycles. The average Bonchev–Trinajstić information content (AvgIpc) is 2.28. The van der Waals surface area contributed by atoms with E-state index in [4.69, 9.17) is 0 Å². The van der Waals surface area contributed by atoms with Crippen LogP contribution < -0.4 is 5.32 Å². The van der Waals surface area contributed by atoms with Crippen molar-refractivity contribution in [2.75, 3.05) is 11.9 Å². The summed E-state index contributed by atoms with van der Waals surface area (Å²) in [5.41, 5.74) is 1.01. The standard InChI is InChI=1S/C12H21N3O/c1-4-10-6-12(14-8-13-10)15-11(7-16)5-9(2)3/h6,8-9,11,16H,4-5,7H2,1-3H3,(H,13,14,15). The van der Waals surface area contributed by atoms with Crippen molar-refractivity contribution in [3.05, 3.63) is 18.1 Å². The summed E-state index contributed by atoms with van der Waals surface area (Å²) in [6.45, 7) is 6.47. The summed E-state index contributed by atoms with van der Waals surface area (Å²) in [5.74, 6) is 1.35. The Morgan fingerprint density at radius 2 is 2.12 bits per heavy atom. The molecule has 0 radical (unpaired) electrons. The summed E-state index contributed by atoms with van der Waals surface area (Å²) in [7, 11) is 0. The molecule has 16 heavy (non-hydrogen) atoms. The predicted molar refractivity (Wildman–Crippen MR) is 65.4 cm³/mol. The van der Waals surface area contributed by atoms with Gasteiger partial charge in [-0.2, -0.15) is 0 Å². The topological polar surface area (TPSA) is 58.0 Å². The van der Waals surface area contributed by atoms with E-state index in [1.165, 1.54) is 0 Å². The van der Waals surface area contributed by atoms with Crippen LogP contribution in [0.2, 0.25) is 0 Å². The first-order valence-electron chi connectivity index (χ1n) is 5.84. The van der Waals surface area contributed by atoms with E-state index in [-0.39, 0.29) is 12.6 Å². The van der Waals surface area contributed by atoms with Gasteiger partial charge in [-0.05, 0) is 18.8 Å². The van der Waals surface area contributed by atoms with Crippen molar-refractivity contribution in [3.63, 3.8) is 0 Å². The molecule has 90 valence electrons. The SMILES string of the molecule is CCc1cc(NC(CO)CC(C)C)ncn1. The van der Waals surface area contributed by atoms with Crippen LogP contribution in [0.4, 0.5) is 5.82 Å². The van der Waals surface area contributed by atoms with Gasteiger partial charge in [0, 0.05) is 11.8 Å². The Labute approximate surface area is 97.1 Å². The predicted octanol–water partition coefficient (Wildman–Crippen LogP) is 1.86. The molecule has 4 heteroatoms. The first-order valence-corrected chi connectivity index (χ1v) is 5.84. The summed E-state index contributed by atoms with van der Waals surface area (Å²) < 4.78 is 0. The Kier molecular flexibility index (Phi) is 5.19. The third-order valence-corrected chi connectivity index (χ3v) is 2.41. The van der Waals surface area contributed by atoms with E-state index < -0.39 is 0 Å². The summed E-state index contributed by atoms with van der Waals surface area (Å²) in [5, 5.41) is 12.5. The molecule has 0 spiro atoms. The number of rotatable bonds is 6. The summed E-state index contributed by atoms with van der Waals surface area (Å²) in [6, 6.07) is 2.00. The van der Waals surface area contributed by atoms with Crippen LogP contribution in [-0.4, -0.2) is 27.7 Å². The monoisotopic (exact) mass is 223 g/mol. The molecular weight excluding hydrogens is 202 g/mol. The van der Waals surface area contributed by atoms with Crippen LogP contribution in [0.1, 0.15) is 32.9 Å². The van der Waals surface area contributed by atoms with E-state index in [0.717, 1.165) is 24.4 Å². The number of anilines is 1. The zero-order chi connectivity index (χ0) is 12.0. The van der Waals surface area contributed by atoms with Gasteiger partial charge in [0.05, 0.1) is 12.6 Å². The maximum atomic E-state index is 9.26. The first kappa shape index (κ1) is 12.9. The third-order valence-electron chi connectivity index (χ3n) is 2.41. The number of aliphatic hydroxyl groups is 1. The van der Waals surface area contributed by atoms with Crippen molar-refractivity contribution in [3.8, 4) is 0 Å². The molecule has 1 heterocycles. The maximum absolute atomic E-state index is 9.26. The van der Waals surface area contributed by atoms with Gasteiger partial charge in [0.25, 0.3) is 0 Å². The van der Waals surface area contributed by atoms with E-state index in [0.29, 0.717) is 5.92 Å². The molecule has 0 amide bonds. The van der Waals surface area contributed by atoms with Crippen molar-refractivity contribution in [2.24, 2.45) is 5.92 Å². The summed E-state index contributed by atoms with van der Waals surface area (Å²) in [4.78, 5) is 8.29. The van der Waals surface area contributed by atoms with Gasteiger partial charge >= 0.3 is 0 Å². The molecule has 4 nitrogen and oxygen atoms in total. The minimum Gasteiger partial charge on any atom is -0.394 e. The normalized spacial score (nSPS) is 12.8. The highest BCUT2D eigenvalue weighted by Gasteiger charge is 2.10. The van der Waals surface area contributed by atoms with Crippen LogP contribution in [0.5, 0.6) is 0 Å². The quantitative estimate of drug-likeness (QED) is 0.773. The Hall–Kier alpha value is -1.16. The zero-order valence-corrected chi connectivity index (χ0v) is 10.3. The van der Waals surface area contributed by atoms with E-state index >= 15 is 0 Å². The number of aromatic nitrogens is 2. The Morgan fingerprint density at radius 1 is 1.38 bits per heavy atom. The first-order chi connectivity index (χ1) is 7.65. The average molecular weight is 223 g/mol. The fraction of sp³-hybridized carbons (Fsp3) is 0.667. The fourth-order valence-electron chi connectivity index (χ4n) is 1.63. The Morgan fingerprint density at radius 3 is 2.69 bits per heavy atom. The number of hydrogen-bond acceptors (Lipinski definition) is 4. The molecule has 0 aromatic carbocycles. The zero-order valence-electron chi connectivity index (χ0n) is 10.3. The van der Waals surface area contributed by atoms with Gasteiger partial charge < -0.3 is 10.4 Å². The number of aryl methyl sites for hydroxylation is 1. The van der Waals surface area contributed by atoms with Gasteiger partial charge in [-0.25, -0.2) is 9.97 Å². The lowest BCUT2D eigenvalue weighted by atomic mass is 10.0. The van der Waals surface area contributed by atoms with E-state index in [2.05, 4.69) is 36.1 Å². The second-order valence-corrected chi connectivity index (χ2v) is 4.40. The van der Waals surface area contributed by atoms with Crippen LogP contribution >= 0.6 is 0 Å². The molecule has 1 aromatic heterocycles. The van der Waals surface area contributed by atoms with Crippen molar-refractivity contribution in [1.29, 1.82) is 0 Å². The molecule has 1 aromatic rings. The molecule has 0 aliphatic carbocycles. The number of aliphatic hydroxyl groups excluding tert-OH is 1. The van der Waals surface area contributed by atoms with Crippen LogP contribution in [0.15, 0.2) is 12.4 Å². The number of nitrogens with one attached hydrogen (secondary N) is 1. The van der Waals surface area contributed by atoms with Gasteiger partial charge in [0.2, 0.25) is 0 Å². The van der Waals surface area contributed by atoms with Crippen LogP contribution in [-0.2, 0) is 6.42 Å². The van der Waals surface area contributed by atoms with Crippen molar-refractivity contribution >= 4 is 5.82 Å². The van der Waals surface area contributed by atoms with Crippen LogP contribution in [0, 0.1) is 5.92 Å². The van der Waals surface area contributed by atoms with Crippen LogP contribution in [0.25, 0.3) is 0 Å². The lowest BCUT2D eigenvalue weighted by molar-refractivity contribution is 0.259. The van der Waals surface area contributed by atoms with Crippen molar-refractivity contribution < 1.29 is 5.11 Å². The third kappa shape index (κ3) is 4.14. The molecule has 0 bridgehead atoms. The van der Waals surface area contributed by atoms with Gasteiger partial charge in [-0.15, -0.1) is 0 Å². The number of nitrogens with zero attached hydrogens (tertiary/aromatic N) is 2. The van der Waals surface area contributed by atoms with Crippen LogP contribution in [0.3, 0.4) is 0 Å².